The quantitative estimate of drug-likeness (QED) is 0.392. The van der Waals surface area contributed by atoms with E-state index in [9.17, 15) is 43.9 Å². The fraction of sp³-hybridized carbons (Fsp3) is 0.348. The molecule has 15 heteroatoms. The molecule has 38 heavy (non-hydrogen) atoms. The Bertz CT molecular complexity index is 1440. The Morgan fingerprint density at radius 2 is 1.68 bits per heavy atom. The van der Waals surface area contributed by atoms with Crippen LogP contribution in [0.25, 0.3) is 11.4 Å². The number of nitrogens with zero attached hydrogens (tertiary/aromatic N) is 3. The number of carbonyl (C=O) groups is 1. The minimum absolute atomic E-state index is 0.0245. The van der Waals surface area contributed by atoms with Gasteiger partial charge < -0.3 is 9.42 Å². The summed E-state index contributed by atoms with van der Waals surface area (Å²) >= 11 is 0. The SMILES string of the molecule is O=C(C1CCS(=O)(=O)CC1)N(Cc1ccc(-c2noc(C(F)(F)F)n2)c(F)c1)c1cccc(C(F)(F)F)c1. The van der Waals surface area contributed by atoms with Crippen molar-refractivity contribution in [3.05, 3.63) is 65.3 Å². The molecule has 204 valence electrons. The highest BCUT2D eigenvalue weighted by atomic mass is 32.2. The van der Waals surface area contributed by atoms with Crippen molar-refractivity contribution >= 4 is 21.4 Å². The van der Waals surface area contributed by atoms with Crippen molar-refractivity contribution in [3.63, 3.8) is 0 Å². The van der Waals surface area contributed by atoms with Crippen LogP contribution in [0.15, 0.2) is 47.0 Å². The summed E-state index contributed by atoms with van der Waals surface area (Å²) in [5, 5.41) is 3.12. The number of hydrogen-bond donors (Lipinski definition) is 0. The van der Waals surface area contributed by atoms with Gasteiger partial charge in [-0.15, -0.1) is 0 Å². The Kier molecular flexibility index (Phi) is 7.25. The molecule has 1 aliphatic rings. The third-order valence-corrected chi connectivity index (χ3v) is 7.65. The maximum atomic E-state index is 14.8. The monoisotopic (exact) mass is 565 g/mol. The van der Waals surface area contributed by atoms with Gasteiger partial charge in [-0.25, -0.2) is 12.8 Å². The minimum Gasteiger partial charge on any atom is -0.329 e. The van der Waals surface area contributed by atoms with E-state index in [1.165, 1.54) is 12.1 Å². The van der Waals surface area contributed by atoms with Crippen LogP contribution in [-0.2, 0) is 33.5 Å². The van der Waals surface area contributed by atoms with Crippen molar-refractivity contribution in [1.82, 2.24) is 10.1 Å². The molecule has 2 heterocycles. The fourth-order valence-corrected chi connectivity index (χ4v) is 5.46. The maximum Gasteiger partial charge on any atom is 0.471 e. The fourth-order valence-electron chi connectivity index (χ4n) is 3.97. The van der Waals surface area contributed by atoms with E-state index in [0.717, 1.165) is 35.2 Å². The van der Waals surface area contributed by atoms with E-state index >= 15 is 0 Å². The first-order valence-corrected chi connectivity index (χ1v) is 12.8. The molecule has 1 aromatic heterocycles. The Morgan fingerprint density at radius 1 is 1.00 bits per heavy atom. The molecule has 4 rings (SSSR count). The first kappa shape index (κ1) is 27.5. The zero-order valence-electron chi connectivity index (χ0n) is 19.2. The smallest absolute Gasteiger partial charge is 0.329 e. The van der Waals surface area contributed by atoms with Gasteiger partial charge in [0.1, 0.15) is 15.7 Å². The summed E-state index contributed by atoms with van der Waals surface area (Å²) in [7, 11) is -3.33. The number of halogens is 7. The van der Waals surface area contributed by atoms with E-state index in [1.54, 1.807) is 0 Å². The first-order valence-electron chi connectivity index (χ1n) is 11.0. The van der Waals surface area contributed by atoms with E-state index in [1.807, 2.05) is 0 Å². The number of anilines is 1. The highest BCUT2D eigenvalue weighted by Gasteiger charge is 2.39. The second-order valence-electron chi connectivity index (χ2n) is 8.63. The molecule has 1 aliphatic heterocycles. The molecule has 2 aromatic carbocycles. The molecule has 1 saturated heterocycles. The highest BCUT2D eigenvalue weighted by molar-refractivity contribution is 7.91. The lowest BCUT2D eigenvalue weighted by atomic mass is 9.99. The third kappa shape index (κ3) is 6.14. The summed E-state index contributed by atoms with van der Waals surface area (Å²) in [6, 6.07) is 7.11. The molecule has 0 bridgehead atoms. The van der Waals surface area contributed by atoms with Crippen LogP contribution < -0.4 is 4.90 Å². The van der Waals surface area contributed by atoms with Crippen molar-refractivity contribution in [2.24, 2.45) is 5.92 Å². The Morgan fingerprint density at radius 3 is 2.26 bits per heavy atom. The molecule has 0 N–H and O–H groups in total. The molecule has 0 unspecified atom stereocenters. The van der Waals surface area contributed by atoms with E-state index in [-0.39, 0.29) is 35.6 Å². The molecule has 3 aromatic rings. The summed E-state index contributed by atoms with van der Waals surface area (Å²) < 4.78 is 121. The lowest BCUT2D eigenvalue weighted by Crippen LogP contribution is -2.39. The number of benzene rings is 2. The summed E-state index contributed by atoms with van der Waals surface area (Å²) in [4.78, 5) is 17.5. The summed E-state index contributed by atoms with van der Waals surface area (Å²) in [6.07, 6.45) is -9.70. The van der Waals surface area contributed by atoms with Gasteiger partial charge in [-0.3, -0.25) is 4.79 Å². The van der Waals surface area contributed by atoms with Gasteiger partial charge in [0.25, 0.3) is 0 Å². The van der Waals surface area contributed by atoms with Gasteiger partial charge in [0.2, 0.25) is 11.7 Å². The maximum absolute atomic E-state index is 14.8. The van der Waals surface area contributed by atoms with Gasteiger partial charge in [-0.1, -0.05) is 17.3 Å². The van der Waals surface area contributed by atoms with Gasteiger partial charge in [0.15, 0.2) is 0 Å². The second-order valence-corrected chi connectivity index (χ2v) is 10.9. The average Bonchev–Trinajstić information content (AvgIpc) is 3.32. The van der Waals surface area contributed by atoms with Crippen LogP contribution in [0.2, 0.25) is 0 Å². The summed E-state index contributed by atoms with van der Waals surface area (Å²) in [5.41, 5.74) is -1.50. The third-order valence-electron chi connectivity index (χ3n) is 5.94. The number of rotatable bonds is 5. The van der Waals surface area contributed by atoms with Crippen molar-refractivity contribution in [2.45, 2.75) is 31.7 Å². The Balaban J connectivity index is 1.66. The van der Waals surface area contributed by atoms with Crippen LogP contribution in [0.1, 0.15) is 29.9 Å². The Labute approximate surface area is 211 Å². The van der Waals surface area contributed by atoms with E-state index in [2.05, 4.69) is 14.7 Å². The number of sulfone groups is 1. The van der Waals surface area contributed by atoms with Gasteiger partial charge in [0.05, 0.1) is 29.2 Å². The minimum atomic E-state index is -4.94. The van der Waals surface area contributed by atoms with Crippen molar-refractivity contribution in [3.8, 4) is 11.4 Å². The molecule has 7 nitrogen and oxygen atoms in total. The topological polar surface area (TPSA) is 93.4 Å². The molecular weight excluding hydrogens is 547 g/mol. The number of alkyl halides is 6. The summed E-state index contributed by atoms with van der Waals surface area (Å²) in [5.74, 6) is -5.35. The number of amides is 1. The predicted octanol–water partition coefficient (Wildman–Crippen LogP) is 5.27. The summed E-state index contributed by atoms with van der Waals surface area (Å²) in [6.45, 7) is -0.402. The zero-order chi connectivity index (χ0) is 27.9. The highest BCUT2D eigenvalue weighted by Crippen LogP contribution is 2.34. The van der Waals surface area contributed by atoms with Crippen LogP contribution in [0.3, 0.4) is 0 Å². The number of carbonyl (C=O) groups excluding carboxylic acids is 1. The second kappa shape index (κ2) is 10.0. The molecule has 0 atom stereocenters. The standard InChI is InChI=1S/C23H18F7N3O4S/c24-18-10-13(4-5-17(18)19-31-21(37-32-19)23(28,29)30)12-33(16-3-1-2-15(11-16)22(25,26)27)20(34)14-6-8-38(35,36)9-7-14/h1-5,10-11,14H,6-9,12H2. The lowest BCUT2D eigenvalue weighted by molar-refractivity contribution is -0.159. The van der Waals surface area contributed by atoms with E-state index < -0.39 is 69.2 Å². The van der Waals surface area contributed by atoms with E-state index in [4.69, 9.17) is 0 Å². The zero-order valence-corrected chi connectivity index (χ0v) is 20.0. The van der Waals surface area contributed by atoms with Crippen LogP contribution >= 0.6 is 0 Å². The molecule has 1 amide bonds. The van der Waals surface area contributed by atoms with E-state index in [0.29, 0.717) is 0 Å². The predicted molar refractivity (Wildman–Crippen MR) is 119 cm³/mol. The van der Waals surface area contributed by atoms with Crippen molar-refractivity contribution < 1.29 is 48.5 Å². The van der Waals surface area contributed by atoms with Crippen molar-refractivity contribution in [2.75, 3.05) is 16.4 Å². The molecule has 0 aliphatic carbocycles. The Hall–Kier alpha value is -3.49. The van der Waals surface area contributed by atoms with Crippen LogP contribution in [0.4, 0.5) is 36.4 Å². The van der Waals surface area contributed by atoms with Gasteiger partial charge in [0, 0.05) is 11.6 Å². The average molecular weight is 565 g/mol. The molecule has 0 radical (unpaired) electrons. The van der Waals surface area contributed by atoms with Gasteiger partial charge in [-0.05, 0) is 48.7 Å². The van der Waals surface area contributed by atoms with Gasteiger partial charge >= 0.3 is 18.2 Å². The molecular formula is C23H18F7N3O4S. The number of hydrogen-bond acceptors (Lipinski definition) is 6. The van der Waals surface area contributed by atoms with Crippen molar-refractivity contribution in [1.29, 1.82) is 0 Å². The van der Waals surface area contributed by atoms with Crippen LogP contribution in [0, 0.1) is 11.7 Å². The molecule has 0 saturated carbocycles. The normalized spacial score (nSPS) is 16.4. The van der Waals surface area contributed by atoms with Gasteiger partial charge in [-0.2, -0.15) is 31.3 Å². The number of aromatic nitrogens is 2. The van der Waals surface area contributed by atoms with Crippen LogP contribution in [-0.4, -0.2) is 36.0 Å². The molecule has 0 spiro atoms. The lowest BCUT2D eigenvalue weighted by Gasteiger charge is -2.30. The largest absolute Gasteiger partial charge is 0.471 e. The van der Waals surface area contributed by atoms with Crippen LogP contribution in [0.5, 0.6) is 0 Å². The molecule has 1 fully saturated rings. The first-order chi connectivity index (χ1) is 17.6.